The highest BCUT2D eigenvalue weighted by Gasteiger charge is 2.05. The molecule has 0 spiro atoms. The smallest absolute Gasteiger partial charge is 0.180 e. The van der Waals surface area contributed by atoms with E-state index in [1.54, 1.807) is 13.3 Å². The average Bonchev–Trinajstić information content (AvgIpc) is 2.64. The Morgan fingerprint density at radius 1 is 1.69 bits per heavy atom. The van der Waals surface area contributed by atoms with Crippen LogP contribution in [0.25, 0.3) is 0 Å². The van der Waals surface area contributed by atoms with Crippen molar-refractivity contribution in [3.8, 4) is 0 Å². The number of aromatic nitrogens is 1. The predicted molar refractivity (Wildman–Crippen MR) is 49.3 cm³/mol. The van der Waals surface area contributed by atoms with E-state index in [-0.39, 0.29) is 0 Å². The van der Waals surface area contributed by atoms with Crippen LogP contribution in [0.15, 0.2) is 17.0 Å². The van der Waals surface area contributed by atoms with Crippen LogP contribution in [0.2, 0.25) is 0 Å². The maximum atomic E-state index is 5.09. The molecule has 1 rings (SSSR count). The number of nitrogens with one attached hydrogen (secondary N) is 1. The van der Waals surface area contributed by atoms with E-state index in [4.69, 9.17) is 9.15 Å². The lowest BCUT2D eigenvalue weighted by atomic mass is 10.2. The standard InChI is InChI=1S/C9H16N2O2/c1-3-8(6-12-2)11-5-9-4-10-7-13-9/h4,7-8,11H,3,5-6H2,1-2H3. The van der Waals surface area contributed by atoms with E-state index in [0.717, 1.165) is 18.8 Å². The Morgan fingerprint density at radius 2 is 2.54 bits per heavy atom. The van der Waals surface area contributed by atoms with Crippen LogP contribution in [0.3, 0.4) is 0 Å². The minimum atomic E-state index is 0.384. The van der Waals surface area contributed by atoms with Gasteiger partial charge in [-0.15, -0.1) is 0 Å². The predicted octanol–water partition coefficient (Wildman–Crippen LogP) is 1.19. The van der Waals surface area contributed by atoms with E-state index >= 15 is 0 Å². The third-order valence-corrected chi connectivity index (χ3v) is 1.91. The summed E-state index contributed by atoms with van der Waals surface area (Å²) in [6.45, 7) is 3.56. The normalized spacial score (nSPS) is 13.1. The lowest BCUT2D eigenvalue weighted by molar-refractivity contribution is 0.162. The molecule has 13 heavy (non-hydrogen) atoms. The quantitative estimate of drug-likeness (QED) is 0.721. The number of nitrogens with zero attached hydrogens (tertiary/aromatic N) is 1. The minimum absolute atomic E-state index is 0.384. The van der Waals surface area contributed by atoms with Crippen molar-refractivity contribution in [2.24, 2.45) is 0 Å². The van der Waals surface area contributed by atoms with Crippen LogP contribution in [-0.4, -0.2) is 24.7 Å². The fraction of sp³-hybridized carbons (Fsp3) is 0.667. The number of methoxy groups -OCH3 is 1. The summed E-state index contributed by atoms with van der Waals surface area (Å²) in [6, 6.07) is 0.384. The topological polar surface area (TPSA) is 47.3 Å². The molecule has 0 aliphatic rings. The average molecular weight is 184 g/mol. The maximum Gasteiger partial charge on any atom is 0.180 e. The maximum absolute atomic E-state index is 5.09. The van der Waals surface area contributed by atoms with Crippen LogP contribution in [0.5, 0.6) is 0 Å². The Kier molecular flexibility index (Phi) is 4.49. The summed E-state index contributed by atoms with van der Waals surface area (Å²) in [5, 5.41) is 3.31. The van der Waals surface area contributed by atoms with Gasteiger partial charge in [0.1, 0.15) is 5.76 Å². The lowest BCUT2D eigenvalue weighted by Crippen LogP contribution is -2.31. The summed E-state index contributed by atoms with van der Waals surface area (Å²) in [4.78, 5) is 3.83. The SMILES string of the molecule is CCC(COC)NCc1cnco1. The molecule has 0 saturated heterocycles. The van der Waals surface area contributed by atoms with Gasteiger partial charge in [-0.1, -0.05) is 6.92 Å². The van der Waals surface area contributed by atoms with Gasteiger partial charge in [0.15, 0.2) is 6.39 Å². The van der Waals surface area contributed by atoms with Gasteiger partial charge in [0.2, 0.25) is 0 Å². The largest absolute Gasteiger partial charge is 0.447 e. The minimum Gasteiger partial charge on any atom is -0.447 e. The molecule has 0 saturated carbocycles. The first-order valence-electron chi connectivity index (χ1n) is 4.46. The van der Waals surface area contributed by atoms with Crippen LogP contribution >= 0.6 is 0 Å². The van der Waals surface area contributed by atoms with Crippen molar-refractivity contribution < 1.29 is 9.15 Å². The Labute approximate surface area is 78.3 Å². The van der Waals surface area contributed by atoms with Gasteiger partial charge in [0.05, 0.1) is 19.3 Å². The summed E-state index contributed by atoms with van der Waals surface area (Å²) < 4.78 is 10.1. The van der Waals surface area contributed by atoms with E-state index in [0.29, 0.717) is 12.6 Å². The Morgan fingerprint density at radius 3 is 3.08 bits per heavy atom. The molecule has 0 amide bonds. The first-order chi connectivity index (χ1) is 6.36. The van der Waals surface area contributed by atoms with Gasteiger partial charge >= 0.3 is 0 Å². The molecule has 4 heteroatoms. The van der Waals surface area contributed by atoms with Crippen molar-refractivity contribution in [2.45, 2.75) is 25.9 Å². The van der Waals surface area contributed by atoms with E-state index in [1.165, 1.54) is 6.39 Å². The Balaban J connectivity index is 2.23. The van der Waals surface area contributed by atoms with Gasteiger partial charge in [0, 0.05) is 13.2 Å². The molecule has 1 N–H and O–H groups in total. The zero-order chi connectivity index (χ0) is 9.52. The Hall–Kier alpha value is -0.870. The molecule has 4 nitrogen and oxygen atoms in total. The summed E-state index contributed by atoms with van der Waals surface area (Å²) in [5.41, 5.74) is 0. The third-order valence-electron chi connectivity index (χ3n) is 1.91. The highest BCUT2D eigenvalue weighted by Crippen LogP contribution is 1.98. The molecule has 0 aliphatic carbocycles. The molecule has 0 radical (unpaired) electrons. The number of hydrogen-bond donors (Lipinski definition) is 1. The molecule has 1 atom stereocenters. The molecule has 0 fully saturated rings. The van der Waals surface area contributed by atoms with E-state index < -0.39 is 0 Å². The number of ether oxygens (including phenoxy) is 1. The molecule has 0 aliphatic heterocycles. The Bertz CT molecular complexity index is 211. The monoisotopic (exact) mass is 184 g/mol. The molecular formula is C9H16N2O2. The molecule has 1 unspecified atom stereocenters. The van der Waals surface area contributed by atoms with Crippen LogP contribution < -0.4 is 5.32 Å². The van der Waals surface area contributed by atoms with Gasteiger partial charge in [-0.25, -0.2) is 4.98 Å². The van der Waals surface area contributed by atoms with Crippen molar-refractivity contribution in [2.75, 3.05) is 13.7 Å². The molecular weight excluding hydrogens is 168 g/mol. The van der Waals surface area contributed by atoms with Crippen molar-refractivity contribution in [1.82, 2.24) is 10.3 Å². The first-order valence-corrected chi connectivity index (χ1v) is 4.46. The number of oxazole rings is 1. The fourth-order valence-electron chi connectivity index (χ4n) is 1.10. The van der Waals surface area contributed by atoms with Crippen LogP contribution in [0.1, 0.15) is 19.1 Å². The van der Waals surface area contributed by atoms with Gasteiger partial charge in [-0.3, -0.25) is 0 Å². The van der Waals surface area contributed by atoms with Crippen molar-refractivity contribution in [3.63, 3.8) is 0 Å². The van der Waals surface area contributed by atoms with Gasteiger partial charge in [0.25, 0.3) is 0 Å². The highest BCUT2D eigenvalue weighted by atomic mass is 16.5. The van der Waals surface area contributed by atoms with E-state index in [2.05, 4.69) is 17.2 Å². The molecule has 1 heterocycles. The van der Waals surface area contributed by atoms with Crippen LogP contribution in [0, 0.1) is 0 Å². The first kappa shape index (κ1) is 10.2. The van der Waals surface area contributed by atoms with Crippen molar-refractivity contribution >= 4 is 0 Å². The molecule has 74 valence electrons. The van der Waals surface area contributed by atoms with Crippen molar-refractivity contribution in [3.05, 3.63) is 18.4 Å². The summed E-state index contributed by atoms with van der Waals surface area (Å²) in [6.07, 6.45) is 4.20. The molecule has 1 aromatic heterocycles. The zero-order valence-corrected chi connectivity index (χ0v) is 8.12. The molecule has 0 bridgehead atoms. The second-order valence-electron chi connectivity index (χ2n) is 2.91. The zero-order valence-electron chi connectivity index (χ0n) is 8.12. The summed E-state index contributed by atoms with van der Waals surface area (Å²) in [7, 11) is 1.71. The summed E-state index contributed by atoms with van der Waals surface area (Å²) >= 11 is 0. The second-order valence-corrected chi connectivity index (χ2v) is 2.91. The van der Waals surface area contributed by atoms with Gasteiger partial charge in [-0.05, 0) is 6.42 Å². The second kappa shape index (κ2) is 5.72. The molecule has 0 aromatic carbocycles. The van der Waals surface area contributed by atoms with Crippen LogP contribution in [-0.2, 0) is 11.3 Å². The van der Waals surface area contributed by atoms with E-state index in [1.807, 2.05) is 0 Å². The van der Waals surface area contributed by atoms with Crippen LogP contribution in [0.4, 0.5) is 0 Å². The van der Waals surface area contributed by atoms with E-state index in [9.17, 15) is 0 Å². The third kappa shape index (κ3) is 3.57. The molecule has 1 aromatic rings. The number of rotatable bonds is 6. The highest BCUT2D eigenvalue weighted by molar-refractivity contribution is 4.87. The van der Waals surface area contributed by atoms with Gasteiger partial charge in [-0.2, -0.15) is 0 Å². The van der Waals surface area contributed by atoms with Gasteiger partial charge < -0.3 is 14.5 Å². The number of hydrogen-bond acceptors (Lipinski definition) is 4. The fourth-order valence-corrected chi connectivity index (χ4v) is 1.10. The van der Waals surface area contributed by atoms with Crippen molar-refractivity contribution in [1.29, 1.82) is 0 Å². The summed E-state index contributed by atoms with van der Waals surface area (Å²) in [5.74, 6) is 0.856. The lowest BCUT2D eigenvalue weighted by Gasteiger charge is -2.14.